The molecule has 3 nitrogen and oxygen atoms in total. The summed E-state index contributed by atoms with van der Waals surface area (Å²) in [6, 6.07) is 13.7. The Morgan fingerprint density at radius 3 is 2.82 bits per heavy atom. The van der Waals surface area contributed by atoms with Crippen LogP contribution in [-0.2, 0) is 4.79 Å². The summed E-state index contributed by atoms with van der Waals surface area (Å²) in [6.45, 7) is 1.97. The monoisotopic (exact) mass is 311 g/mol. The molecule has 0 saturated carbocycles. The normalized spacial score (nSPS) is 12.8. The summed E-state index contributed by atoms with van der Waals surface area (Å²) < 4.78 is 5.84. The van der Waals surface area contributed by atoms with Gasteiger partial charge in [-0.1, -0.05) is 24.3 Å². The predicted molar refractivity (Wildman–Crippen MR) is 90.8 cm³/mol. The standard InChI is InChI=1S/C18H17NO2S/c1-13(17-12-14-6-3-4-8-16(14)21-17)19(2)18(20)10-9-15-7-5-11-22-15/h3-13H,1-2H3. The van der Waals surface area contributed by atoms with Crippen LogP contribution in [0, 0.1) is 0 Å². The number of amides is 1. The van der Waals surface area contributed by atoms with Gasteiger partial charge in [0, 0.05) is 23.4 Å². The summed E-state index contributed by atoms with van der Waals surface area (Å²) in [5.41, 5.74) is 0.847. The average molecular weight is 311 g/mol. The van der Waals surface area contributed by atoms with E-state index in [1.807, 2.05) is 60.8 Å². The van der Waals surface area contributed by atoms with Crippen molar-refractivity contribution in [1.82, 2.24) is 4.90 Å². The number of para-hydroxylation sites is 1. The van der Waals surface area contributed by atoms with Crippen molar-refractivity contribution in [3.05, 3.63) is 64.6 Å². The van der Waals surface area contributed by atoms with E-state index in [9.17, 15) is 4.79 Å². The van der Waals surface area contributed by atoms with E-state index < -0.39 is 0 Å². The van der Waals surface area contributed by atoms with E-state index in [4.69, 9.17) is 4.42 Å². The van der Waals surface area contributed by atoms with Crippen LogP contribution in [0.3, 0.4) is 0 Å². The average Bonchev–Trinajstić information content (AvgIpc) is 3.19. The van der Waals surface area contributed by atoms with Gasteiger partial charge in [-0.3, -0.25) is 4.79 Å². The van der Waals surface area contributed by atoms with E-state index in [0.717, 1.165) is 21.6 Å². The lowest BCUT2D eigenvalue weighted by Crippen LogP contribution is -2.27. The third-order valence-corrected chi connectivity index (χ3v) is 4.56. The first-order chi connectivity index (χ1) is 10.6. The molecule has 0 saturated heterocycles. The zero-order valence-electron chi connectivity index (χ0n) is 12.5. The van der Waals surface area contributed by atoms with E-state index >= 15 is 0 Å². The van der Waals surface area contributed by atoms with Crippen molar-refractivity contribution >= 4 is 34.3 Å². The van der Waals surface area contributed by atoms with Gasteiger partial charge in [-0.05, 0) is 36.6 Å². The first-order valence-electron chi connectivity index (χ1n) is 7.12. The Hall–Kier alpha value is -2.33. The molecule has 0 aliphatic rings. The van der Waals surface area contributed by atoms with Gasteiger partial charge in [-0.2, -0.15) is 0 Å². The van der Waals surface area contributed by atoms with Crippen LogP contribution in [0.25, 0.3) is 17.0 Å². The quantitative estimate of drug-likeness (QED) is 0.653. The number of hydrogen-bond acceptors (Lipinski definition) is 3. The Kier molecular flexibility index (Phi) is 4.11. The molecular weight excluding hydrogens is 294 g/mol. The summed E-state index contributed by atoms with van der Waals surface area (Å²) in [7, 11) is 1.79. The van der Waals surface area contributed by atoms with Crippen molar-refractivity contribution in [2.75, 3.05) is 7.05 Å². The molecule has 0 bridgehead atoms. The maximum Gasteiger partial charge on any atom is 0.246 e. The lowest BCUT2D eigenvalue weighted by molar-refractivity contribution is -0.126. The molecule has 0 spiro atoms. The summed E-state index contributed by atoms with van der Waals surface area (Å²) in [5.74, 6) is 0.753. The van der Waals surface area contributed by atoms with Gasteiger partial charge in [0.15, 0.2) is 0 Å². The lowest BCUT2D eigenvalue weighted by atomic mass is 10.2. The molecule has 4 heteroatoms. The molecule has 2 heterocycles. The van der Waals surface area contributed by atoms with Gasteiger partial charge in [0.05, 0.1) is 6.04 Å². The molecule has 2 aromatic heterocycles. The Morgan fingerprint density at radius 1 is 1.27 bits per heavy atom. The fourth-order valence-electron chi connectivity index (χ4n) is 2.25. The molecule has 0 N–H and O–H groups in total. The second-order valence-corrected chi connectivity index (χ2v) is 6.14. The van der Waals surface area contributed by atoms with Crippen LogP contribution >= 0.6 is 11.3 Å². The Labute approximate surface area is 133 Å². The number of carbonyl (C=O) groups excluding carboxylic acids is 1. The van der Waals surface area contributed by atoms with Crippen LogP contribution in [-0.4, -0.2) is 17.9 Å². The van der Waals surface area contributed by atoms with Gasteiger partial charge >= 0.3 is 0 Å². The number of rotatable bonds is 4. The van der Waals surface area contributed by atoms with Crippen molar-refractivity contribution in [2.24, 2.45) is 0 Å². The molecule has 1 unspecified atom stereocenters. The largest absolute Gasteiger partial charge is 0.459 e. The minimum Gasteiger partial charge on any atom is -0.459 e. The van der Waals surface area contributed by atoms with Crippen LogP contribution in [0.2, 0.25) is 0 Å². The molecule has 22 heavy (non-hydrogen) atoms. The molecule has 0 fully saturated rings. The van der Waals surface area contributed by atoms with Gasteiger partial charge in [0.25, 0.3) is 0 Å². The Bertz CT molecular complexity index is 768. The molecule has 1 amide bonds. The number of fused-ring (bicyclic) bond motifs is 1. The maximum atomic E-state index is 12.3. The highest BCUT2D eigenvalue weighted by Gasteiger charge is 2.19. The number of hydrogen-bond donors (Lipinski definition) is 0. The molecular formula is C18H17NO2S. The van der Waals surface area contributed by atoms with Crippen LogP contribution in [0.1, 0.15) is 23.6 Å². The smallest absolute Gasteiger partial charge is 0.246 e. The highest BCUT2D eigenvalue weighted by molar-refractivity contribution is 7.10. The molecule has 0 aliphatic heterocycles. The number of furan rings is 1. The van der Waals surface area contributed by atoms with Gasteiger partial charge in [-0.15, -0.1) is 11.3 Å². The van der Waals surface area contributed by atoms with Crippen LogP contribution in [0.5, 0.6) is 0 Å². The second-order valence-electron chi connectivity index (χ2n) is 5.16. The Balaban J connectivity index is 1.75. The molecule has 3 aromatic rings. The van der Waals surface area contributed by atoms with Gasteiger partial charge in [-0.25, -0.2) is 0 Å². The second kappa shape index (κ2) is 6.20. The molecule has 1 atom stereocenters. The molecule has 1 aromatic carbocycles. The maximum absolute atomic E-state index is 12.3. The highest BCUT2D eigenvalue weighted by atomic mass is 32.1. The summed E-state index contributed by atoms with van der Waals surface area (Å²) in [4.78, 5) is 15.0. The molecule has 3 rings (SSSR count). The van der Waals surface area contributed by atoms with Crippen molar-refractivity contribution in [2.45, 2.75) is 13.0 Å². The fraction of sp³-hybridized carbons (Fsp3) is 0.167. The number of nitrogens with zero attached hydrogens (tertiary/aromatic N) is 1. The topological polar surface area (TPSA) is 33.5 Å². The summed E-state index contributed by atoms with van der Waals surface area (Å²) in [5, 5.41) is 3.05. The summed E-state index contributed by atoms with van der Waals surface area (Å²) >= 11 is 1.61. The number of benzene rings is 1. The molecule has 0 radical (unpaired) electrons. The van der Waals surface area contributed by atoms with Gasteiger partial charge < -0.3 is 9.32 Å². The number of likely N-dealkylation sites (N-methyl/N-ethyl adjacent to an activating group) is 1. The number of carbonyl (C=O) groups is 1. The van der Waals surface area contributed by atoms with Gasteiger partial charge in [0.2, 0.25) is 5.91 Å². The minimum absolute atomic E-state index is 0.0404. The SMILES string of the molecule is CC(c1cc2ccccc2o1)N(C)C(=O)C=Cc1cccs1. The lowest BCUT2D eigenvalue weighted by Gasteiger charge is -2.21. The van der Waals surface area contributed by atoms with Crippen LogP contribution in [0.15, 0.2) is 58.3 Å². The van der Waals surface area contributed by atoms with Crippen molar-refractivity contribution in [1.29, 1.82) is 0 Å². The van der Waals surface area contributed by atoms with E-state index in [2.05, 4.69) is 0 Å². The van der Waals surface area contributed by atoms with Crippen molar-refractivity contribution in [3.8, 4) is 0 Å². The van der Waals surface area contributed by atoms with Crippen molar-refractivity contribution in [3.63, 3.8) is 0 Å². The third kappa shape index (κ3) is 2.97. The van der Waals surface area contributed by atoms with Gasteiger partial charge in [0.1, 0.15) is 11.3 Å². The van der Waals surface area contributed by atoms with Crippen LogP contribution < -0.4 is 0 Å². The zero-order valence-corrected chi connectivity index (χ0v) is 13.3. The number of thiophene rings is 1. The minimum atomic E-state index is -0.118. The van der Waals surface area contributed by atoms with E-state index in [1.165, 1.54) is 0 Å². The predicted octanol–water partition coefficient (Wildman–Crippen LogP) is 4.73. The first kappa shape index (κ1) is 14.6. The highest BCUT2D eigenvalue weighted by Crippen LogP contribution is 2.26. The first-order valence-corrected chi connectivity index (χ1v) is 8.00. The van der Waals surface area contributed by atoms with E-state index in [-0.39, 0.29) is 11.9 Å². The van der Waals surface area contributed by atoms with E-state index in [1.54, 1.807) is 29.4 Å². The van der Waals surface area contributed by atoms with Crippen molar-refractivity contribution < 1.29 is 9.21 Å². The molecule has 112 valence electrons. The zero-order chi connectivity index (χ0) is 15.5. The molecule has 0 aliphatic carbocycles. The van der Waals surface area contributed by atoms with Crippen LogP contribution in [0.4, 0.5) is 0 Å². The Morgan fingerprint density at radius 2 is 2.09 bits per heavy atom. The van der Waals surface area contributed by atoms with E-state index in [0.29, 0.717) is 0 Å². The fourth-order valence-corrected chi connectivity index (χ4v) is 2.87. The third-order valence-electron chi connectivity index (χ3n) is 3.72. The summed E-state index contributed by atoms with van der Waals surface area (Å²) in [6.07, 6.45) is 3.44.